The van der Waals surface area contributed by atoms with Gasteiger partial charge in [0.15, 0.2) is 11.7 Å². The van der Waals surface area contributed by atoms with Gasteiger partial charge in [-0.1, -0.05) is 55.8 Å². The van der Waals surface area contributed by atoms with Crippen LogP contribution in [0.1, 0.15) is 47.4 Å². The Morgan fingerprint density at radius 1 is 1.14 bits per heavy atom. The number of nitrogens with zero attached hydrogens (tertiary/aromatic N) is 2. The van der Waals surface area contributed by atoms with Gasteiger partial charge in [0.1, 0.15) is 17.4 Å². The normalized spacial score (nSPS) is 11.9. The van der Waals surface area contributed by atoms with Crippen molar-refractivity contribution in [3.63, 3.8) is 0 Å². The molecular formula is C24H24N2O2S. The van der Waals surface area contributed by atoms with E-state index in [2.05, 4.69) is 24.9 Å². The van der Waals surface area contributed by atoms with Gasteiger partial charge in [0.2, 0.25) is 0 Å². The van der Waals surface area contributed by atoms with Crippen molar-refractivity contribution in [2.75, 3.05) is 6.61 Å². The molecule has 0 N–H and O–H groups in total. The van der Waals surface area contributed by atoms with Gasteiger partial charge in [-0.2, -0.15) is 5.26 Å². The Hall–Kier alpha value is -2.97. The molecule has 0 aliphatic carbocycles. The van der Waals surface area contributed by atoms with Crippen LogP contribution >= 0.6 is 11.3 Å². The SMILES string of the molecule is Cc1ccc(-c2csc(C(C#N)C(=O)COc3cc(C)ccc3C(C)C)n2)cc1. The van der Waals surface area contributed by atoms with E-state index in [1.54, 1.807) is 0 Å². The number of ketones is 1. The minimum Gasteiger partial charge on any atom is -0.485 e. The van der Waals surface area contributed by atoms with Crippen molar-refractivity contribution < 1.29 is 9.53 Å². The lowest BCUT2D eigenvalue weighted by Crippen LogP contribution is -2.19. The number of carbonyl (C=O) groups is 1. The number of hydrogen-bond acceptors (Lipinski definition) is 5. The highest BCUT2D eigenvalue weighted by molar-refractivity contribution is 7.10. The molecule has 1 atom stereocenters. The number of ether oxygens (including phenoxy) is 1. The number of nitriles is 1. The maximum atomic E-state index is 12.7. The summed E-state index contributed by atoms with van der Waals surface area (Å²) in [6.45, 7) is 8.03. The molecule has 0 radical (unpaired) electrons. The lowest BCUT2D eigenvalue weighted by atomic mass is 10.0. The third kappa shape index (κ3) is 4.90. The maximum Gasteiger partial charge on any atom is 0.194 e. The smallest absolute Gasteiger partial charge is 0.194 e. The molecule has 0 spiro atoms. The quantitative estimate of drug-likeness (QED) is 0.499. The number of aromatic nitrogens is 1. The van der Waals surface area contributed by atoms with Gasteiger partial charge < -0.3 is 4.74 Å². The van der Waals surface area contributed by atoms with Gasteiger partial charge in [-0.3, -0.25) is 4.79 Å². The fourth-order valence-electron chi connectivity index (χ4n) is 3.02. The Balaban J connectivity index is 1.74. The molecule has 148 valence electrons. The number of carbonyl (C=O) groups excluding carboxylic acids is 1. The molecule has 0 aliphatic heterocycles. The third-order valence-corrected chi connectivity index (χ3v) is 5.64. The molecule has 0 saturated heterocycles. The average Bonchev–Trinajstić information content (AvgIpc) is 3.17. The molecule has 4 nitrogen and oxygen atoms in total. The van der Waals surface area contributed by atoms with Crippen LogP contribution in [0.5, 0.6) is 5.75 Å². The molecule has 3 aromatic rings. The van der Waals surface area contributed by atoms with Crippen molar-refractivity contribution >= 4 is 17.1 Å². The summed E-state index contributed by atoms with van der Waals surface area (Å²) in [4.78, 5) is 17.3. The predicted octanol–water partition coefficient (Wildman–Crippen LogP) is 5.81. The van der Waals surface area contributed by atoms with E-state index in [1.165, 1.54) is 16.9 Å². The zero-order valence-corrected chi connectivity index (χ0v) is 17.9. The average molecular weight is 405 g/mol. The van der Waals surface area contributed by atoms with Crippen molar-refractivity contribution in [3.05, 3.63) is 69.5 Å². The van der Waals surface area contributed by atoms with Gasteiger partial charge in [0.25, 0.3) is 0 Å². The van der Waals surface area contributed by atoms with E-state index in [1.807, 2.05) is 61.7 Å². The number of aryl methyl sites for hydroxylation is 2. The Bertz CT molecular complexity index is 1050. The number of hydrogen-bond donors (Lipinski definition) is 0. The second kappa shape index (κ2) is 9.02. The lowest BCUT2D eigenvalue weighted by molar-refractivity contribution is -0.121. The van der Waals surface area contributed by atoms with E-state index in [9.17, 15) is 10.1 Å². The van der Waals surface area contributed by atoms with Gasteiger partial charge in [-0.05, 0) is 37.0 Å². The summed E-state index contributed by atoms with van der Waals surface area (Å²) < 4.78 is 5.83. The molecule has 0 aliphatic rings. The zero-order valence-electron chi connectivity index (χ0n) is 17.1. The molecule has 2 aromatic carbocycles. The van der Waals surface area contributed by atoms with Crippen molar-refractivity contribution in [1.82, 2.24) is 4.98 Å². The molecule has 5 heteroatoms. The van der Waals surface area contributed by atoms with Crippen molar-refractivity contribution in [2.24, 2.45) is 0 Å². The van der Waals surface area contributed by atoms with Crippen molar-refractivity contribution in [3.8, 4) is 23.1 Å². The second-order valence-corrected chi connectivity index (χ2v) is 8.34. The highest BCUT2D eigenvalue weighted by atomic mass is 32.1. The minimum absolute atomic E-state index is 0.152. The highest BCUT2D eigenvalue weighted by Gasteiger charge is 2.25. The first kappa shape index (κ1) is 20.8. The molecule has 1 heterocycles. The summed E-state index contributed by atoms with van der Waals surface area (Å²) in [5, 5.41) is 12.0. The van der Waals surface area contributed by atoms with E-state index in [4.69, 9.17) is 4.74 Å². The minimum atomic E-state index is -0.925. The fourth-order valence-corrected chi connectivity index (χ4v) is 3.91. The van der Waals surface area contributed by atoms with Crippen LogP contribution in [0, 0.1) is 25.2 Å². The Kier molecular flexibility index (Phi) is 6.46. The third-order valence-electron chi connectivity index (χ3n) is 4.73. The highest BCUT2D eigenvalue weighted by Crippen LogP contribution is 2.29. The molecule has 0 amide bonds. The van der Waals surface area contributed by atoms with Gasteiger partial charge in [0.05, 0.1) is 11.8 Å². The van der Waals surface area contributed by atoms with Crippen molar-refractivity contribution in [1.29, 1.82) is 5.26 Å². The van der Waals surface area contributed by atoms with Crippen LogP contribution < -0.4 is 4.74 Å². The Labute approximate surface area is 175 Å². The van der Waals surface area contributed by atoms with E-state index in [0.717, 1.165) is 22.4 Å². The summed E-state index contributed by atoms with van der Waals surface area (Å²) in [6.07, 6.45) is 0. The second-order valence-electron chi connectivity index (χ2n) is 7.45. The molecule has 1 unspecified atom stereocenters. The topological polar surface area (TPSA) is 63.0 Å². The van der Waals surface area contributed by atoms with E-state index in [0.29, 0.717) is 10.8 Å². The molecule has 29 heavy (non-hydrogen) atoms. The van der Waals surface area contributed by atoms with Gasteiger partial charge in [-0.25, -0.2) is 4.98 Å². The van der Waals surface area contributed by atoms with Crippen molar-refractivity contribution in [2.45, 2.75) is 39.5 Å². The molecule has 0 bridgehead atoms. The zero-order chi connectivity index (χ0) is 21.0. The molecular weight excluding hydrogens is 380 g/mol. The summed E-state index contributed by atoms with van der Waals surface area (Å²) in [5.41, 5.74) is 5.03. The number of thiazole rings is 1. The van der Waals surface area contributed by atoms with Crippen LogP contribution in [0.25, 0.3) is 11.3 Å². The van der Waals surface area contributed by atoms with Crippen LogP contribution in [0.2, 0.25) is 0 Å². The van der Waals surface area contributed by atoms with Crippen LogP contribution in [0.15, 0.2) is 47.8 Å². The van der Waals surface area contributed by atoms with E-state index in [-0.39, 0.29) is 18.3 Å². The number of rotatable bonds is 7. The van der Waals surface area contributed by atoms with Gasteiger partial charge in [0, 0.05) is 10.9 Å². The number of benzene rings is 2. The monoisotopic (exact) mass is 404 g/mol. The molecule has 1 aromatic heterocycles. The van der Waals surface area contributed by atoms with E-state index >= 15 is 0 Å². The van der Waals surface area contributed by atoms with Crippen LogP contribution in [0.4, 0.5) is 0 Å². The van der Waals surface area contributed by atoms with E-state index < -0.39 is 5.92 Å². The van der Waals surface area contributed by atoms with Crippen LogP contribution in [-0.4, -0.2) is 17.4 Å². The largest absolute Gasteiger partial charge is 0.485 e. The Morgan fingerprint density at radius 2 is 1.83 bits per heavy atom. The summed E-state index contributed by atoms with van der Waals surface area (Å²) >= 11 is 1.33. The standard InChI is InChI=1S/C24H24N2O2S/c1-15(2)19-10-7-17(4)11-23(19)28-13-22(27)20(12-25)24-26-21(14-29-24)18-8-5-16(3)6-9-18/h5-11,14-15,20H,13H2,1-4H3. The summed E-state index contributed by atoms with van der Waals surface area (Å²) in [7, 11) is 0. The van der Waals surface area contributed by atoms with Crippen LogP contribution in [-0.2, 0) is 4.79 Å². The first-order valence-corrected chi connectivity index (χ1v) is 10.4. The summed E-state index contributed by atoms with van der Waals surface area (Å²) in [5.74, 6) is -0.229. The predicted molar refractivity (Wildman–Crippen MR) is 116 cm³/mol. The van der Waals surface area contributed by atoms with Gasteiger partial charge in [-0.15, -0.1) is 11.3 Å². The summed E-state index contributed by atoms with van der Waals surface area (Å²) in [6, 6.07) is 16.1. The lowest BCUT2D eigenvalue weighted by Gasteiger charge is -2.15. The molecule has 0 fully saturated rings. The fraction of sp³-hybridized carbons (Fsp3) is 0.292. The first-order valence-electron chi connectivity index (χ1n) is 9.57. The Morgan fingerprint density at radius 3 is 2.48 bits per heavy atom. The molecule has 3 rings (SSSR count). The maximum absolute atomic E-state index is 12.7. The first-order chi connectivity index (χ1) is 13.9. The number of Topliss-reactive ketones (excluding diaryl/α,β-unsaturated/α-hetero) is 1. The molecule has 0 saturated carbocycles. The van der Waals surface area contributed by atoms with Crippen LogP contribution in [0.3, 0.4) is 0 Å². The van der Waals surface area contributed by atoms with Gasteiger partial charge >= 0.3 is 0 Å².